The molecule has 0 saturated heterocycles. The lowest BCUT2D eigenvalue weighted by Crippen LogP contribution is -2.16. The smallest absolute Gasteiger partial charge is 0.416 e. The molecule has 29 heavy (non-hydrogen) atoms. The minimum atomic E-state index is -4.58. The van der Waals surface area contributed by atoms with E-state index in [1.807, 2.05) is 0 Å². The van der Waals surface area contributed by atoms with Crippen molar-refractivity contribution in [3.63, 3.8) is 0 Å². The lowest BCUT2D eigenvalue weighted by molar-refractivity contribution is -0.137. The standard InChI is InChI=1S/C19H16F3N3O3S/c1-4-28-18(27)15-14(13-9(2)23-10(3)24-17(13)29-15)25-16(26)11-6-5-7-12(8-11)19(20,21)22/h5-8H,4H2,1-3H3,(H,25,26). The molecule has 3 rings (SSSR count). The third-order valence-electron chi connectivity index (χ3n) is 4.00. The summed E-state index contributed by atoms with van der Waals surface area (Å²) in [6.07, 6.45) is -4.58. The average Bonchev–Trinajstić information content (AvgIpc) is 2.99. The first kappa shape index (κ1) is 20.7. The van der Waals surface area contributed by atoms with E-state index in [0.29, 0.717) is 21.7 Å². The molecule has 3 aromatic rings. The highest BCUT2D eigenvalue weighted by molar-refractivity contribution is 7.21. The second-order valence-electron chi connectivity index (χ2n) is 6.10. The predicted molar refractivity (Wildman–Crippen MR) is 102 cm³/mol. The number of hydrogen-bond acceptors (Lipinski definition) is 6. The summed E-state index contributed by atoms with van der Waals surface area (Å²) in [6, 6.07) is 4.03. The van der Waals surface area contributed by atoms with E-state index in [-0.39, 0.29) is 22.7 Å². The molecular formula is C19H16F3N3O3S. The summed E-state index contributed by atoms with van der Waals surface area (Å²) in [4.78, 5) is 34.2. The fourth-order valence-electron chi connectivity index (χ4n) is 2.79. The number of esters is 1. The number of nitrogens with zero attached hydrogens (tertiary/aromatic N) is 2. The lowest BCUT2D eigenvalue weighted by Gasteiger charge is -2.10. The molecule has 0 aliphatic carbocycles. The number of nitrogens with one attached hydrogen (secondary N) is 1. The number of hydrogen-bond donors (Lipinski definition) is 1. The zero-order valence-electron chi connectivity index (χ0n) is 15.7. The van der Waals surface area contributed by atoms with E-state index in [4.69, 9.17) is 4.74 Å². The van der Waals surface area contributed by atoms with Crippen molar-refractivity contribution in [3.8, 4) is 0 Å². The Balaban J connectivity index is 2.08. The molecule has 0 fully saturated rings. The van der Waals surface area contributed by atoms with E-state index >= 15 is 0 Å². The van der Waals surface area contributed by atoms with Gasteiger partial charge in [-0.25, -0.2) is 14.8 Å². The summed E-state index contributed by atoms with van der Waals surface area (Å²) < 4.78 is 43.9. The van der Waals surface area contributed by atoms with Gasteiger partial charge in [0.25, 0.3) is 5.91 Å². The van der Waals surface area contributed by atoms with E-state index in [1.165, 1.54) is 6.07 Å². The zero-order valence-corrected chi connectivity index (χ0v) is 16.5. The van der Waals surface area contributed by atoms with Gasteiger partial charge < -0.3 is 10.1 Å². The molecule has 152 valence electrons. The minimum Gasteiger partial charge on any atom is -0.462 e. The van der Waals surface area contributed by atoms with Gasteiger partial charge in [-0.15, -0.1) is 11.3 Å². The Hall–Kier alpha value is -3.01. The van der Waals surface area contributed by atoms with Crippen molar-refractivity contribution in [2.24, 2.45) is 0 Å². The molecule has 0 unspecified atom stereocenters. The average molecular weight is 423 g/mol. The topological polar surface area (TPSA) is 81.2 Å². The van der Waals surface area contributed by atoms with Gasteiger partial charge in [0.15, 0.2) is 0 Å². The fraction of sp³-hybridized carbons (Fsp3) is 0.263. The number of aryl methyl sites for hydroxylation is 2. The van der Waals surface area contributed by atoms with E-state index < -0.39 is 23.6 Å². The summed E-state index contributed by atoms with van der Waals surface area (Å²) in [6.45, 7) is 5.15. The van der Waals surface area contributed by atoms with Crippen LogP contribution in [0.4, 0.5) is 18.9 Å². The highest BCUT2D eigenvalue weighted by Gasteiger charge is 2.31. The number of thiophene rings is 1. The van der Waals surface area contributed by atoms with Gasteiger partial charge in [0.05, 0.1) is 28.9 Å². The quantitative estimate of drug-likeness (QED) is 0.612. The van der Waals surface area contributed by atoms with Crippen molar-refractivity contribution in [1.29, 1.82) is 0 Å². The van der Waals surface area contributed by atoms with Crippen LogP contribution in [0.2, 0.25) is 0 Å². The first-order valence-electron chi connectivity index (χ1n) is 8.55. The molecule has 0 bridgehead atoms. The number of rotatable bonds is 4. The highest BCUT2D eigenvalue weighted by atomic mass is 32.1. The van der Waals surface area contributed by atoms with Crippen molar-refractivity contribution in [1.82, 2.24) is 9.97 Å². The van der Waals surface area contributed by atoms with Crippen LogP contribution in [0.3, 0.4) is 0 Å². The van der Waals surface area contributed by atoms with E-state index in [2.05, 4.69) is 15.3 Å². The molecule has 1 aromatic carbocycles. The second kappa shape index (κ2) is 7.78. The van der Waals surface area contributed by atoms with E-state index in [1.54, 1.807) is 20.8 Å². The molecule has 0 saturated carbocycles. The number of fused-ring (bicyclic) bond motifs is 1. The molecule has 10 heteroatoms. The summed E-state index contributed by atoms with van der Waals surface area (Å²) >= 11 is 1.02. The first-order chi connectivity index (χ1) is 13.6. The highest BCUT2D eigenvalue weighted by Crippen LogP contribution is 2.37. The van der Waals surface area contributed by atoms with Crippen molar-refractivity contribution in [2.45, 2.75) is 26.9 Å². The molecule has 1 N–H and O–H groups in total. The molecule has 0 spiro atoms. The van der Waals surface area contributed by atoms with Gasteiger partial charge in [-0.2, -0.15) is 13.2 Å². The van der Waals surface area contributed by atoms with Gasteiger partial charge in [-0.3, -0.25) is 4.79 Å². The largest absolute Gasteiger partial charge is 0.462 e. The second-order valence-corrected chi connectivity index (χ2v) is 7.09. The fourth-order valence-corrected chi connectivity index (χ4v) is 3.91. The van der Waals surface area contributed by atoms with Gasteiger partial charge in [-0.1, -0.05) is 6.07 Å². The maximum absolute atomic E-state index is 13.0. The molecule has 2 heterocycles. The van der Waals surface area contributed by atoms with E-state index in [0.717, 1.165) is 29.5 Å². The number of amides is 1. The summed E-state index contributed by atoms with van der Waals surface area (Å²) in [5, 5.41) is 3.00. The Morgan fingerprint density at radius 2 is 1.93 bits per heavy atom. The Morgan fingerprint density at radius 3 is 2.59 bits per heavy atom. The Labute approximate surface area is 167 Å². The number of anilines is 1. The van der Waals surface area contributed by atoms with Crippen LogP contribution < -0.4 is 5.32 Å². The maximum Gasteiger partial charge on any atom is 0.416 e. The normalized spacial score (nSPS) is 11.5. The molecule has 2 aromatic heterocycles. The van der Waals surface area contributed by atoms with Crippen LogP contribution in [0.1, 0.15) is 44.0 Å². The predicted octanol–water partition coefficient (Wildman–Crippen LogP) is 4.76. The summed E-state index contributed by atoms with van der Waals surface area (Å²) in [7, 11) is 0. The number of alkyl halides is 3. The Morgan fingerprint density at radius 1 is 1.21 bits per heavy atom. The third-order valence-corrected chi connectivity index (χ3v) is 5.06. The van der Waals surface area contributed by atoms with Gasteiger partial charge in [0.2, 0.25) is 0 Å². The van der Waals surface area contributed by atoms with Gasteiger partial charge in [0.1, 0.15) is 15.5 Å². The number of carbonyl (C=O) groups excluding carboxylic acids is 2. The van der Waals surface area contributed by atoms with Crippen LogP contribution in [-0.4, -0.2) is 28.5 Å². The van der Waals surface area contributed by atoms with Crippen LogP contribution >= 0.6 is 11.3 Å². The summed E-state index contributed by atoms with van der Waals surface area (Å²) in [5.74, 6) is -0.962. The van der Waals surface area contributed by atoms with Gasteiger partial charge in [-0.05, 0) is 39.0 Å². The lowest BCUT2D eigenvalue weighted by atomic mass is 10.1. The minimum absolute atomic E-state index is 0.102. The first-order valence-corrected chi connectivity index (χ1v) is 9.37. The molecular weight excluding hydrogens is 407 g/mol. The molecule has 0 aliphatic rings. The van der Waals surface area contributed by atoms with Crippen molar-refractivity contribution in [2.75, 3.05) is 11.9 Å². The number of aromatic nitrogens is 2. The van der Waals surface area contributed by atoms with Crippen LogP contribution in [0.15, 0.2) is 24.3 Å². The van der Waals surface area contributed by atoms with Crippen LogP contribution in [0.25, 0.3) is 10.2 Å². The third kappa shape index (κ3) is 4.21. The van der Waals surface area contributed by atoms with E-state index in [9.17, 15) is 22.8 Å². The SMILES string of the molecule is CCOC(=O)c1sc2nc(C)nc(C)c2c1NC(=O)c1cccc(C(F)(F)F)c1. The van der Waals surface area contributed by atoms with Crippen LogP contribution in [0, 0.1) is 13.8 Å². The molecule has 0 aliphatic heterocycles. The van der Waals surface area contributed by atoms with Crippen molar-refractivity contribution < 1.29 is 27.5 Å². The summed E-state index contributed by atoms with van der Waals surface area (Å²) in [5.41, 5.74) is -0.484. The molecule has 1 amide bonds. The van der Waals surface area contributed by atoms with Crippen molar-refractivity contribution in [3.05, 3.63) is 51.8 Å². The Bertz CT molecular complexity index is 1110. The van der Waals surface area contributed by atoms with Crippen LogP contribution in [0.5, 0.6) is 0 Å². The number of carbonyl (C=O) groups is 2. The molecule has 6 nitrogen and oxygen atoms in total. The monoisotopic (exact) mass is 423 g/mol. The van der Waals surface area contributed by atoms with Crippen LogP contribution in [-0.2, 0) is 10.9 Å². The molecule has 0 atom stereocenters. The zero-order chi connectivity index (χ0) is 21.3. The van der Waals surface area contributed by atoms with Gasteiger partial charge >= 0.3 is 12.1 Å². The number of benzene rings is 1. The molecule has 0 radical (unpaired) electrons. The maximum atomic E-state index is 13.0. The Kier molecular flexibility index (Phi) is 5.56. The van der Waals surface area contributed by atoms with Gasteiger partial charge in [0, 0.05) is 5.56 Å². The van der Waals surface area contributed by atoms with Crippen molar-refractivity contribution >= 4 is 39.1 Å². The number of ether oxygens (including phenoxy) is 1. The number of halogens is 3.